The number of ketones is 2. The van der Waals surface area contributed by atoms with Crippen molar-refractivity contribution in [3.05, 3.63) is 24.3 Å². The van der Waals surface area contributed by atoms with Gasteiger partial charge in [0, 0.05) is 12.8 Å². The van der Waals surface area contributed by atoms with Gasteiger partial charge in [0.1, 0.15) is 0 Å². The average Bonchev–Trinajstić information content (AvgIpc) is 2.12. The molecule has 0 aromatic carbocycles. The van der Waals surface area contributed by atoms with Gasteiger partial charge >= 0.3 is 0 Å². The fourth-order valence-electron chi connectivity index (χ4n) is 2.24. The largest absolute Gasteiger partial charge is 0.295 e. The number of carbonyl (C=O) groups is 2. The van der Waals surface area contributed by atoms with Crippen LogP contribution in [-0.2, 0) is 9.59 Å². The van der Waals surface area contributed by atoms with Crippen LogP contribution < -0.4 is 0 Å². The van der Waals surface area contributed by atoms with Gasteiger partial charge in [0.05, 0.1) is 0 Å². The standard InChI is InChI=1S/C13H18O2/c1-4-11(14)5-6-13(3)8-10(2)7-12(15)9-13/h4,7H,1,5-6,8-9H2,2-3H3. The molecule has 1 rings (SSSR count). The molecule has 1 aliphatic rings. The fourth-order valence-corrected chi connectivity index (χ4v) is 2.24. The summed E-state index contributed by atoms with van der Waals surface area (Å²) >= 11 is 0. The molecule has 82 valence electrons. The Balaban J connectivity index is 2.60. The van der Waals surface area contributed by atoms with Crippen molar-refractivity contribution in [3.63, 3.8) is 0 Å². The van der Waals surface area contributed by atoms with Crippen LogP contribution in [0.15, 0.2) is 24.3 Å². The summed E-state index contributed by atoms with van der Waals surface area (Å²) < 4.78 is 0. The van der Waals surface area contributed by atoms with Crippen LogP contribution in [0.2, 0.25) is 0 Å². The molecule has 0 N–H and O–H groups in total. The molecule has 15 heavy (non-hydrogen) atoms. The summed E-state index contributed by atoms with van der Waals surface area (Å²) in [6, 6.07) is 0. The van der Waals surface area contributed by atoms with E-state index in [-0.39, 0.29) is 17.0 Å². The fraction of sp³-hybridized carbons (Fsp3) is 0.538. The van der Waals surface area contributed by atoms with E-state index in [1.165, 1.54) is 6.08 Å². The molecule has 1 unspecified atom stereocenters. The molecule has 0 heterocycles. The van der Waals surface area contributed by atoms with Crippen molar-refractivity contribution in [2.75, 3.05) is 0 Å². The van der Waals surface area contributed by atoms with Crippen LogP contribution in [0.5, 0.6) is 0 Å². The summed E-state index contributed by atoms with van der Waals surface area (Å²) in [6.07, 6.45) is 5.83. The Kier molecular flexibility index (Phi) is 3.61. The Hall–Kier alpha value is -1.18. The first kappa shape index (κ1) is 11.9. The summed E-state index contributed by atoms with van der Waals surface area (Å²) in [5, 5.41) is 0. The summed E-state index contributed by atoms with van der Waals surface area (Å²) in [6.45, 7) is 7.51. The lowest BCUT2D eigenvalue weighted by molar-refractivity contribution is -0.119. The molecular formula is C13H18O2. The van der Waals surface area contributed by atoms with Gasteiger partial charge in [-0.1, -0.05) is 19.1 Å². The minimum Gasteiger partial charge on any atom is -0.295 e. The van der Waals surface area contributed by atoms with Crippen molar-refractivity contribution < 1.29 is 9.59 Å². The van der Waals surface area contributed by atoms with Gasteiger partial charge < -0.3 is 0 Å². The summed E-state index contributed by atoms with van der Waals surface area (Å²) in [5.41, 5.74) is 1.09. The predicted octanol–water partition coefficient (Wildman–Crippen LogP) is 2.84. The number of carbonyl (C=O) groups excluding carboxylic acids is 2. The Morgan fingerprint density at radius 1 is 1.60 bits per heavy atom. The van der Waals surface area contributed by atoms with E-state index in [1.54, 1.807) is 6.08 Å². The Morgan fingerprint density at radius 2 is 2.27 bits per heavy atom. The summed E-state index contributed by atoms with van der Waals surface area (Å²) in [7, 11) is 0. The minimum atomic E-state index is -0.0331. The molecule has 0 aromatic heterocycles. The van der Waals surface area contributed by atoms with Gasteiger partial charge in [0.2, 0.25) is 0 Å². The van der Waals surface area contributed by atoms with Crippen molar-refractivity contribution in [3.8, 4) is 0 Å². The van der Waals surface area contributed by atoms with Gasteiger partial charge in [-0.15, -0.1) is 0 Å². The number of rotatable bonds is 4. The van der Waals surface area contributed by atoms with Crippen molar-refractivity contribution >= 4 is 11.6 Å². The quantitative estimate of drug-likeness (QED) is 0.663. The van der Waals surface area contributed by atoms with Crippen LogP contribution in [-0.4, -0.2) is 11.6 Å². The average molecular weight is 206 g/mol. The lowest BCUT2D eigenvalue weighted by Gasteiger charge is -2.31. The SMILES string of the molecule is C=CC(=O)CCC1(C)CC(=O)C=C(C)C1. The van der Waals surface area contributed by atoms with Gasteiger partial charge in [-0.3, -0.25) is 9.59 Å². The zero-order valence-corrected chi connectivity index (χ0v) is 9.51. The molecule has 1 atom stereocenters. The molecule has 0 saturated carbocycles. The molecular weight excluding hydrogens is 188 g/mol. The molecule has 0 spiro atoms. The first-order valence-electron chi connectivity index (χ1n) is 5.30. The molecule has 0 saturated heterocycles. The number of allylic oxidation sites excluding steroid dienone is 3. The normalized spacial score (nSPS) is 26.0. The molecule has 0 aromatic rings. The van der Waals surface area contributed by atoms with Crippen molar-refractivity contribution in [2.45, 2.75) is 39.5 Å². The maximum atomic E-state index is 11.4. The monoisotopic (exact) mass is 206 g/mol. The highest BCUT2D eigenvalue weighted by atomic mass is 16.1. The van der Waals surface area contributed by atoms with Crippen molar-refractivity contribution in [2.24, 2.45) is 5.41 Å². The maximum absolute atomic E-state index is 11.4. The molecule has 0 aliphatic heterocycles. The maximum Gasteiger partial charge on any atom is 0.156 e. The van der Waals surface area contributed by atoms with Crippen LogP contribution in [0.4, 0.5) is 0 Å². The van der Waals surface area contributed by atoms with Crippen LogP contribution in [0.3, 0.4) is 0 Å². The van der Waals surface area contributed by atoms with Gasteiger partial charge in [-0.25, -0.2) is 0 Å². The zero-order valence-electron chi connectivity index (χ0n) is 9.51. The smallest absolute Gasteiger partial charge is 0.156 e. The zero-order chi connectivity index (χ0) is 11.5. The van der Waals surface area contributed by atoms with Crippen LogP contribution in [0, 0.1) is 5.41 Å². The van der Waals surface area contributed by atoms with Crippen LogP contribution >= 0.6 is 0 Å². The third kappa shape index (κ3) is 3.46. The third-order valence-corrected chi connectivity index (χ3v) is 2.92. The highest BCUT2D eigenvalue weighted by molar-refractivity contribution is 5.92. The molecule has 0 bridgehead atoms. The lowest BCUT2D eigenvalue weighted by Crippen LogP contribution is -2.25. The summed E-state index contributed by atoms with van der Waals surface area (Å²) in [4.78, 5) is 22.6. The Bertz CT molecular complexity index is 325. The first-order chi connectivity index (χ1) is 6.95. The molecule has 2 nitrogen and oxygen atoms in total. The molecule has 0 radical (unpaired) electrons. The minimum absolute atomic E-state index is 0.0331. The second-order valence-corrected chi connectivity index (χ2v) is 4.79. The highest BCUT2D eigenvalue weighted by Gasteiger charge is 2.30. The third-order valence-electron chi connectivity index (χ3n) is 2.92. The molecule has 0 fully saturated rings. The number of hydrogen-bond acceptors (Lipinski definition) is 2. The number of hydrogen-bond donors (Lipinski definition) is 0. The van der Waals surface area contributed by atoms with E-state index < -0.39 is 0 Å². The second-order valence-electron chi connectivity index (χ2n) is 4.79. The predicted molar refractivity (Wildman–Crippen MR) is 60.5 cm³/mol. The highest BCUT2D eigenvalue weighted by Crippen LogP contribution is 2.38. The van der Waals surface area contributed by atoms with E-state index in [1.807, 2.05) is 6.92 Å². The van der Waals surface area contributed by atoms with Crippen molar-refractivity contribution in [1.82, 2.24) is 0 Å². The van der Waals surface area contributed by atoms with Gasteiger partial charge in [-0.05, 0) is 37.3 Å². The Morgan fingerprint density at radius 3 is 2.80 bits per heavy atom. The molecule has 2 heteroatoms. The van der Waals surface area contributed by atoms with E-state index in [9.17, 15) is 9.59 Å². The van der Waals surface area contributed by atoms with Gasteiger partial charge in [0.25, 0.3) is 0 Å². The second kappa shape index (κ2) is 4.56. The van der Waals surface area contributed by atoms with Gasteiger partial charge in [-0.2, -0.15) is 0 Å². The van der Waals surface area contributed by atoms with E-state index >= 15 is 0 Å². The van der Waals surface area contributed by atoms with E-state index in [2.05, 4.69) is 13.5 Å². The topological polar surface area (TPSA) is 34.1 Å². The van der Waals surface area contributed by atoms with Crippen LogP contribution in [0.1, 0.15) is 39.5 Å². The van der Waals surface area contributed by atoms with Crippen molar-refractivity contribution in [1.29, 1.82) is 0 Å². The van der Waals surface area contributed by atoms with Gasteiger partial charge in [0.15, 0.2) is 11.6 Å². The Labute approximate surface area is 91.1 Å². The van der Waals surface area contributed by atoms with E-state index in [0.717, 1.165) is 18.4 Å². The summed E-state index contributed by atoms with van der Waals surface area (Å²) in [5.74, 6) is 0.253. The first-order valence-corrected chi connectivity index (χ1v) is 5.30. The van der Waals surface area contributed by atoms with E-state index in [4.69, 9.17) is 0 Å². The lowest BCUT2D eigenvalue weighted by atomic mass is 9.72. The van der Waals surface area contributed by atoms with E-state index in [0.29, 0.717) is 12.8 Å². The molecule has 0 amide bonds. The molecule has 1 aliphatic carbocycles. The van der Waals surface area contributed by atoms with Crippen LogP contribution in [0.25, 0.3) is 0 Å².